The quantitative estimate of drug-likeness (QED) is 0.537. The Bertz CT molecular complexity index is 1030. The number of carbonyl (C=O) groups is 1. The van der Waals surface area contributed by atoms with Crippen molar-refractivity contribution in [3.8, 4) is 11.4 Å². The van der Waals surface area contributed by atoms with Gasteiger partial charge in [0.1, 0.15) is 5.82 Å². The molecule has 1 aliphatic heterocycles. The fourth-order valence-electron chi connectivity index (χ4n) is 4.16. The van der Waals surface area contributed by atoms with Crippen LogP contribution in [-0.4, -0.2) is 40.6 Å². The van der Waals surface area contributed by atoms with Gasteiger partial charge in [0, 0.05) is 18.7 Å². The van der Waals surface area contributed by atoms with E-state index in [4.69, 9.17) is 4.52 Å². The second kappa shape index (κ2) is 10.5. The van der Waals surface area contributed by atoms with Gasteiger partial charge in [0.2, 0.25) is 17.6 Å². The van der Waals surface area contributed by atoms with Crippen LogP contribution in [0.1, 0.15) is 36.3 Å². The first-order valence-corrected chi connectivity index (χ1v) is 11.2. The van der Waals surface area contributed by atoms with Crippen molar-refractivity contribution >= 4 is 5.91 Å². The summed E-state index contributed by atoms with van der Waals surface area (Å²) < 4.78 is 18.5. The monoisotopic (exact) mass is 436 g/mol. The van der Waals surface area contributed by atoms with Gasteiger partial charge in [-0.2, -0.15) is 4.98 Å². The summed E-state index contributed by atoms with van der Waals surface area (Å²) in [7, 11) is 0. The Morgan fingerprint density at radius 3 is 2.91 bits per heavy atom. The van der Waals surface area contributed by atoms with E-state index in [1.165, 1.54) is 23.3 Å². The maximum atomic E-state index is 13.1. The molecule has 2 aromatic carbocycles. The fraction of sp³-hybridized carbons (Fsp3) is 0.400. The van der Waals surface area contributed by atoms with E-state index in [0.29, 0.717) is 36.9 Å². The van der Waals surface area contributed by atoms with E-state index in [2.05, 4.69) is 51.5 Å². The number of benzene rings is 2. The Labute approximate surface area is 187 Å². The third-order valence-corrected chi connectivity index (χ3v) is 5.83. The average molecular weight is 437 g/mol. The molecule has 32 heavy (non-hydrogen) atoms. The third kappa shape index (κ3) is 6.01. The smallest absolute Gasteiger partial charge is 0.241 e. The van der Waals surface area contributed by atoms with E-state index < -0.39 is 0 Å². The number of hydrogen-bond donors (Lipinski definition) is 1. The van der Waals surface area contributed by atoms with E-state index in [9.17, 15) is 9.18 Å². The van der Waals surface area contributed by atoms with Crippen LogP contribution in [0.15, 0.2) is 53.1 Å². The number of hydrogen-bond acceptors (Lipinski definition) is 5. The van der Waals surface area contributed by atoms with Crippen LogP contribution in [0.2, 0.25) is 0 Å². The predicted octanol–water partition coefficient (Wildman–Crippen LogP) is 4.15. The minimum Gasteiger partial charge on any atom is -0.356 e. The van der Waals surface area contributed by atoms with Crippen LogP contribution in [0.25, 0.3) is 11.4 Å². The van der Waals surface area contributed by atoms with E-state index in [-0.39, 0.29) is 17.6 Å². The predicted molar refractivity (Wildman–Crippen MR) is 120 cm³/mol. The normalized spacial score (nSPS) is 16.8. The molecule has 3 aromatic rings. The lowest BCUT2D eigenvalue weighted by molar-refractivity contribution is -0.126. The van der Waals surface area contributed by atoms with Crippen molar-refractivity contribution in [1.29, 1.82) is 0 Å². The number of piperidine rings is 1. The molecule has 0 saturated carbocycles. The number of aryl methyl sites for hydroxylation is 2. The lowest BCUT2D eigenvalue weighted by Gasteiger charge is -2.30. The Morgan fingerprint density at radius 1 is 1.25 bits per heavy atom. The number of halogens is 1. The number of aromatic nitrogens is 2. The van der Waals surface area contributed by atoms with E-state index in [0.717, 1.165) is 32.2 Å². The van der Waals surface area contributed by atoms with Gasteiger partial charge in [-0.25, -0.2) is 4.39 Å². The lowest BCUT2D eigenvalue weighted by Crippen LogP contribution is -2.43. The maximum Gasteiger partial charge on any atom is 0.241 e. The summed E-state index contributed by atoms with van der Waals surface area (Å²) >= 11 is 0. The van der Waals surface area contributed by atoms with Gasteiger partial charge in [0.05, 0.1) is 12.5 Å². The van der Waals surface area contributed by atoms with Crippen molar-refractivity contribution in [3.05, 3.63) is 71.4 Å². The summed E-state index contributed by atoms with van der Waals surface area (Å²) in [4.78, 5) is 19.3. The second-order valence-corrected chi connectivity index (χ2v) is 8.48. The topological polar surface area (TPSA) is 71.3 Å². The summed E-state index contributed by atoms with van der Waals surface area (Å²) in [5.74, 6) is 0.743. The minimum atomic E-state index is -0.301. The molecular weight excluding hydrogens is 407 g/mol. The van der Waals surface area contributed by atoms with E-state index in [1.54, 1.807) is 12.1 Å². The summed E-state index contributed by atoms with van der Waals surface area (Å²) in [6.07, 6.45) is 3.75. The van der Waals surface area contributed by atoms with Crippen molar-refractivity contribution in [2.24, 2.45) is 5.92 Å². The summed E-state index contributed by atoms with van der Waals surface area (Å²) in [6.45, 7) is 4.86. The number of carbonyl (C=O) groups excluding carboxylic acids is 1. The first-order chi connectivity index (χ1) is 15.6. The Balaban J connectivity index is 1.23. The van der Waals surface area contributed by atoms with E-state index >= 15 is 0 Å². The first-order valence-electron chi connectivity index (χ1n) is 11.2. The SMILES string of the molecule is Cc1cccc(CCCNC(=O)C2CCCN(Cc3nc(-c4ccc(F)cc4)no3)C2)c1. The molecule has 1 aliphatic rings. The highest BCUT2D eigenvalue weighted by Crippen LogP contribution is 2.20. The Hall–Kier alpha value is -3.06. The number of rotatable bonds is 8. The fourth-order valence-corrected chi connectivity index (χ4v) is 4.16. The zero-order valence-electron chi connectivity index (χ0n) is 18.4. The molecule has 2 heterocycles. The highest BCUT2D eigenvalue weighted by atomic mass is 19.1. The second-order valence-electron chi connectivity index (χ2n) is 8.48. The van der Waals surface area contributed by atoms with Crippen molar-refractivity contribution in [2.45, 2.75) is 39.2 Å². The van der Waals surface area contributed by atoms with Gasteiger partial charge >= 0.3 is 0 Å². The van der Waals surface area contributed by atoms with Gasteiger partial charge < -0.3 is 9.84 Å². The molecule has 0 bridgehead atoms. The molecule has 0 radical (unpaired) electrons. The minimum absolute atomic E-state index is 0.0257. The molecule has 0 aliphatic carbocycles. The summed E-state index contributed by atoms with van der Waals surface area (Å²) in [5.41, 5.74) is 3.28. The maximum absolute atomic E-state index is 13.1. The van der Waals surface area contributed by atoms with Crippen molar-refractivity contribution in [2.75, 3.05) is 19.6 Å². The Kier molecular flexibility index (Phi) is 7.27. The van der Waals surface area contributed by atoms with Crippen LogP contribution in [0, 0.1) is 18.7 Å². The van der Waals surface area contributed by atoms with Gasteiger partial charge in [-0.05, 0) is 69.0 Å². The number of nitrogens with zero attached hydrogens (tertiary/aromatic N) is 3. The molecule has 6 nitrogen and oxygen atoms in total. The number of likely N-dealkylation sites (tertiary alicyclic amines) is 1. The van der Waals surface area contributed by atoms with Crippen LogP contribution in [-0.2, 0) is 17.8 Å². The van der Waals surface area contributed by atoms with Crippen molar-refractivity contribution in [3.63, 3.8) is 0 Å². The van der Waals surface area contributed by atoms with Gasteiger partial charge in [-0.3, -0.25) is 9.69 Å². The van der Waals surface area contributed by atoms with Crippen LogP contribution in [0.5, 0.6) is 0 Å². The molecule has 1 N–H and O–H groups in total. The molecule has 1 saturated heterocycles. The number of amides is 1. The van der Waals surface area contributed by atoms with Gasteiger partial charge in [0.15, 0.2) is 0 Å². The lowest BCUT2D eigenvalue weighted by atomic mass is 9.97. The molecule has 168 valence electrons. The van der Waals surface area contributed by atoms with Crippen LogP contribution >= 0.6 is 0 Å². The van der Waals surface area contributed by atoms with Gasteiger partial charge in [-0.15, -0.1) is 0 Å². The van der Waals surface area contributed by atoms with Crippen molar-refractivity contribution in [1.82, 2.24) is 20.4 Å². The summed E-state index contributed by atoms with van der Waals surface area (Å²) in [6, 6.07) is 14.5. The van der Waals surface area contributed by atoms with Crippen LogP contribution < -0.4 is 5.32 Å². The molecule has 1 fully saturated rings. The molecule has 1 aromatic heterocycles. The first kappa shape index (κ1) is 22.1. The van der Waals surface area contributed by atoms with Crippen LogP contribution in [0.4, 0.5) is 4.39 Å². The van der Waals surface area contributed by atoms with Gasteiger partial charge in [0.25, 0.3) is 0 Å². The largest absolute Gasteiger partial charge is 0.356 e. The van der Waals surface area contributed by atoms with Crippen LogP contribution in [0.3, 0.4) is 0 Å². The van der Waals surface area contributed by atoms with Gasteiger partial charge in [-0.1, -0.05) is 35.0 Å². The Morgan fingerprint density at radius 2 is 2.09 bits per heavy atom. The standard InChI is InChI=1S/C25H29FN4O2/c1-18-5-2-6-19(15-18)7-3-13-27-25(31)21-8-4-14-30(16-21)17-23-28-24(29-32-23)20-9-11-22(26)12-10-20/h2,5-6,9-12,15,21H,3-4,7-8,13-14,16-17H2,1H3,(H,27,31). The van der Waals surface area contributed by atoms with Crippen molar-refractivity contribution < 1.29 is 13.7 Å². The van der Waals surface area contributed by atoms with E-state index in [1.807, 2.05) is 0 Å². The molecule has 1 atom stereocenters. The molecule has 7 heteroatoms. The molecule has 1 unspecified atom stereocenters. The average Bonchev–Trinajstić information content (AvgIpc) is 3.26. The molecular formula is C25H29FN4O2. The highest BCUT2D eigenvalue weighted by molar-refractivity contribution is 5.78. The highest BCUT2D eigenvalue weighted by Gasteiger charge is 2.26. The zero-order chi connectivity index (χ0) is 22.3. The number of nitrogens with one attached hydrogen (secondary N) is 1. The zero-order valence-corrected chi connectivity index (χ0v) is 18.4. The molecule has 1 amide bonds. The summed E-state index contributed by atoms with van der Waals surface area (Å²) in [5, 5.41) is 7.11. The molecule has 0 spiro atoms. The third-order valence-electron chi connectivity index (χ3n) is 5.83. The molecule has 4 rings (SSSR count).